The van der Waals surface area contributed by atoms with Crippen molar-refractivity contribution in [3.63, 3.8) is 0 Å². The number of amides is 1. The zero-order chi connectivity index (χ0) is 9.78. The Kier molecular flexibility index (Phi) is 4.16. The first-order valence-electron chi connectivity index (χ1n) is 3.75. The van der Waals surface area contributed by atoms with Gasteiger partial charge in [0.2, 0.25) is 5.91 Å². The molecule has 0 aromatic carbocycles. The van der Waals surface area contributed by atoms with Gasteiger partial charge in [-0.05, 0) is 20.9 Å². The predicted octanol–water partition coefficient (Wildman–Crippen LogP) is -1.32. The van der Waals surface area contributed by atoms with Gasteiger partial charge in [0.05, 0.1) is 13.2 Å². The fourth-order valence-electron chi connectivity index (χ4n) is 0.596. The number of carbonyl (C=O) groups excluding carboxylic acids is 1. The number of likely N-dealkylation sites (N-methyl/N-ethyl adjacent to an activating group) is 1. The number of hydrogen-bond donors (Lipinski definition) is 3. The van der Waals surface area contributed by atoms with Crippen LogP contribution in [-0.4, -0.2) is 41.7 Å². The van der Waals surface area contributed by atoms with Crippen LogP contribution in [0.5, 0.6) is 0 Å². The van der Waals surface area contributed by atoms with Gasteiger partial charge in [0.1, 0.15) is 0 Å². The highest BCUT2D eigenvalue weighted by Gasteiger charge is 2.23. The average molecular weight is 175 g/mol. The van der Waals surface area contributed by atoms with Crippen molar-refractivity contribution in [2.24, 2.45) is 5.84 Å². The van der Waals surface area contributed by atoms with Crippen LogP contribution in [0.2, 0.25) is 0 Å². The summed E-state index contributed by atoms with van der Waals surface area (Å²) in [4.78, 5) is 12.6. The third-order valence-corrected chi connectivity index (χ3v) is 1.96. The molecule has 0 aliphatic carbocycles. The van der Waals surface area contributed by atoms with Crippen LogP contribution in [0.1, 0.15) is 13.8 Å². The Bertz CT molecular complexity index is 159. The molecular formula is C7H17N3O2. The maximum absolute atomic E-state index is 10.8. The quantitative estimate of drug-likeness (QED) is 0.281. The standard InChI is InChI=1S/C7H17N3O2/c1-7(2,5-11)10(3)4-6(12)9-8/h11H,4-5,8H2,1-3H3,(H,9,12). The van der Waals surface area contributed by atoms with Crippen LogP contribution in [0.3, 0.4) is 0 Å². The van der Waals surface area contributed by atoms with E-state index in [-0.39, 0.29) is 19.1 Å². The van der Waals surface area contributed by atoms with Gasteiger partial charge in [0.15, 0.2) is 0 Å². The van der Waals surface area contributed by atoms with E-state index in [4.69, 9.17) is 10.9 Å². The number of hydrogen-bond acceptors (Lipinski definition) is 4. The molecule has 0 unspecified atom stereocenters. The lowest BCUT2D eigenvalue weighted by atomic mass is 10.1. The molecular weight excluding hydrogens is 158 g/mol. The molecule has 0 saturated carbocycles. The number of aliphatic hydroxyl groups is 1. The largest absolute Gasteiger partial charge is 0.394 e. The van der Waals surface area contributed by atoms with Crippen molar-refractivity contribution in [2.75, 3.05) is 20.2 Å². The topological polar surface area (TPSA) is 78.6 Å². The van der Waals surface area contributed by atoms with Crippen LogP contribution in [-0.2, 0) is 4.79 Å². The second kappa shape index (κ2) is 4.39. The molecule has 0 bridgehead atoms. The molecule has 5 nitrogen and oxygen atoms in total. The number of nitrogens with one attached hydrogen (secondary N) is 1. The van der Waals surface area contributed by atoms with E-state index in [9.17, 15) is 4.79 Å². The third kappa shape index (κ3) is 3.17. The Labute approximate surface area is 72.5 Å². The summed E-state index contributed by atoms with van der Waals surface area (Å²) in [5, 5.41) is 8.95. The monoisotopic (exact) mass is 175 g/mol. The molecule has 0 spiro atoms. The SMILES string of the molecule is CN(CC(=O)NN)C(C)(C)CO. The van der Waals surface area contributed by atoms with Crippen LogP contribution in [0, 0.1) is 0 Å². The Hall–Kier alpha value is -0.650. The minimum absolute atomic E-state index is 0.00134. The molecule has 0 aliphatic rings. The number of nitrogens with zero attached hydrogens (tertiary/aromatic N) is 1. The number of hydrazine groups is 1. The summed E-state index contributed by atoms with van der Waals surface area (Å²) in [5.74, 6) is 4.65. The molecule has 1 amide bonds. The molecule has 0 rings (SSSR count). The fourth-order valence-corrected chi connectivity index (χ4v) is 0.596. The van der Waals surface area contributed by atoms with Crippen molar-refractivity contribution >= 4 is 5.91 Å². The summed E-state index contributed by atoms with van der Waals surface area (Å²) in [7, 11) is 1.76. The van der Waals surface area contributed by atoms with Gasteiger partial charge in [-0.25, -0.2) is 5.84 Å². The van der Waals surface area contributed by atoms with Crippen molar-refractivity contribution in [2.45, 2.75) is 19.4 Å². The van der Waals surface area contributed by atoms with E-state index in [1.54, 1.807) is 11.9 Å². The molecule has 4 N–H and O–H groups in total. The van der Waals surface area contributed by atoms with E-state index >= 15 is 0 Å². The first kappa shape index (κ1) is 11.4. The maximum atomic E-state index is 10.8. The lowest BCUT2D eigenvalue weighted by Crippen LogP contribution is -2.49. The van der Waals surface area contributed by atoms with Crippen molar-refractivity contribution in [3.8, 4) is 0 Å². The molecule has 0 fully saturated rings. The Morgan fingerprint density at radius 1 is 1.67 bits per heavy atom. The fraction of sp³-hybridized carbons (Fsp3) is 0.857. The van der Waals surface area contributed by atoms with Crippen LogP contribution in [0.25, 0.3) is 0 Å². The second-order valence-corrected chi connectivity index (χ2v) is 3.39. The van der Waals surface area contributed by atoms with Crippen molar-refractivity contribution in [3.05, 3.63) is 0 Å². The van der Waals surface area contributed by atoms with E-state index in [1.807, 2.05) is 19.3 Å². The van der Waals surface area contributed by atoms with Gasteiger partial charge < -0.3 is 5.11 Å². The number of rotatable bonds is 4. The van der Waals surface area contributed by atoms with Gasteiger partial charge in [0.25, 0.3) is 0 Å². The van der Waals surface area contributed by atoms with Gasteiger partial charge in [-0.2, -0.15) is 0 Å². The summed E-state index contributed by atoms with van der Waals surface area (Å²) in [6.45, 7) is 3.87. The predicted molar refractivity (Wildman–Crippen MR) is 46.1 cm³/mol. The van der Waals surface area contributed by atoms with Gasteiger partial charge in [-0.3, -0.25) is 15.1 Å². The molecule has 0 heterocycles. The summed E-state index contributed by atoms with van der Waals surface area (Å²) >= 11 is 0. The maximum Gasteiger partial charge on any atom is 0.248 e. The summed E-state index contributed by atoms with van der Waals surface area (Å²) < 4.78 is 0. The number of nitrogens with two attached hydrogens (primary N) is 1. The molecule has 0 saturated heterocycles. The van der Waals surface area contributed by atoms with Crippen LogP contribution in [0.15, 0.2) is 0 Å². The number of aliphatic hydroxyl groups excluding tert-OH is 1. The number of carbonyl (C=O) groups is 1. The smallest absolute Gasteiger partial charge is 0.248 e. The lowest BCUT2D eigenvalue weighted by Gasteiger charge is -2.32. The zero-order valence-electron chi connectivity index (χ0n) is 7.79. The molecule has 0 aliphatic heterocycles. The lowest BCUT2D eigenvalue weighted by molar-refractivity contribution is -0.123. The minimum Gasteiger partial charge on any atom is -0.394 e. The third-order valence-electron chi connectivity index (χ3n) is 1.96. The van der Waals surface area contributed by atoms with Gasteiger partial charge in [-0.15, -0.1) is 0 Å². The van der Waals surface area contributed by atoms with E-state index in [2.05, 4.69) is 0 Å². The molecule has 0 atom stereocenters. The zero-order valence-corrected chi connectivity index (χ0v) is 7.79. The Morgan fingerprint density at radius 2 is 2.17 bits per heavy atom. The first-order valence-corrected chi connectivity index (χ1v) is 3.75. The van der Waals surface area contributed by atoms with Crippen molar-refractivity contribution in [1.29, 1.82) is 0 Å². The molecule has 0 radical (unpaired) electrons. The highest BCUT2D eigenvalue weighted by atomic mass is 16.3. The van der Waals surface area contributed by atoms with Crippen LogP contribution >= 0.6 is 0 Å². The molecule has 0 aromatic rings. The van der Waals surface area contributed by atoms with Crippen molar-refractivity contribution in [1.82, 2.24) is 10.3 Å². The summed E-state index contributed by atoms with van der Waals surface area (Å²) in [6, 6.07) is 0. The highest BCUT2D eigenvalue weighted by Crippen LogP contribution is 2.09. The van der Waals surface area contributed by atoms with Gasteiger partial charge in [0, 0.05) is 5.54 Å². The Morgan fingerprint density at radius 3 is 2.50 bits per heavy atom. The molecule has 12 heavy (non-hydrogen) atoms. The summed E-state index contributed by atoms with van der Waals surface area (Å²) in [6.07, 6.45) is 0. The van der Waals surface area contributed by atoms with Crippen LogP contribution in [0.4, 0.5) is 0 Å². The minimum atomic E-state index is -0.396. The highest BCUT2D eigenvalue weighted by molar-refractivity contribution is 5.77. The van der Waals surface area contributed by atoms with Crippen LogP contribution < -0.4 is 11.3 Å². The van der Waals surface area contributed by atoms with Crippen molar-refractivity contribution < 1.29 is 9.90 Å². The van der Waals surface area contributed by atoms with E-state index in [1.165, 1.54) is 0 Å². The average Bonchev–Trinajstić information content (AvgIpc) is 2.04. The Balaban J connectivity index is 4.02. The van der Waals surface area contributed by atoms with E-state index in [0.717, 1.165) is 0 Å². The van der Waals surface area contributed by atoms with E-state index < -0.39 is 5.54 Å². The molecule has 72 valence electrons. The molecule has 5 heteroatoms. The van der Waals surface area contributed by atoms with Gasteiger partial charge in [-0.1, -0.05) is 0 Å². The second-order valence-electron chi connectivity index (χ2n) is 3.39. The summed E-state index contributed by atoms with van der Waals surface area (Å²) in [5.41, 5.74) is 1.63. The normalized spacial score (nSPS) is 11.8. The van der Waals surface area contributed by atoms with Gasteiger partial charge >= 0.3 is 0 Å². The first-order chi connectivity index (χ1) is 5.44. The van der Waals surface area contributed by atoms with E-state index in [0.29, 0.717) is 0 Å². The molecule has 0 aromatic heterocycles.